The van der Waals surface area contributed by atoms with Crippen molar-refractivity contribution < 1.29 is 4.79 Å². The van der Waals surface area contributed by atoms with Crippen LogP contribution >= 0.6 is 0 Å². The van der Waals surface area contributed by atoms with E-state index in [2.05, 4.69) is 180 Å². The Labute approximate surface area is 441 Å². The Hall–Kier alpha value is -6.48. The van der Waals surface area contributed by atoms with Crippen LogP contribution in [0.4, 0.5) is 0 Å². The van der Waals surface area contributed by atoms with Gasteiger partial charge in [-0.3, -0.25) is 4.79 Å². The van der Waals surface area contributed by atoms with E-state index in [0.29, 0.717) is 22.4 Å². The number of carbonyl (C=O) groups excluding carboxylic acids is 1. The first-order valence-electron chi connectivity index (χ1n) is 29.0. The van der Waals surface area contributed by atoms with E-state index in [1.165, 1.54) is 115 Å². The maximum Gasteiger partial charge on any atom is 0.170 e. The van der Waals surface area contributed by atoms with Crippen LogP contribution in [-0.4, -0.2) is 22.7 Å². The predicted molar refractivity (Wildman–Crippen MR) is 315 cm³/mol. The monoisotopic (exact) mass is 994 g/mol. The second-order valence-electron chi connectivity index (χ2n) is 25.6. The normalized spacial score (nSPS) is 22.0. The number of nitriles is 1. The molecule has 2 fully saturated rings. The molecule has 0 aliphatic heterocycles. The average Bonchev–Trinajstić information content (AvgIpc) is 4.28. The summed E-state index contributed by atoms with van der Waals surface area (Å²) in [4.78, 5) is 15.1. The molecule has 4 nitrogen and oxygen atoms in total. The molecular formula is C70H67N3OSi. The maximum atomic E-state index is 15.1. The summed E-state index contributed by atoms with van der Waals surface area (Å²) >= 11 is 0. The third-order valence-electron chi connectivity index (χ3n) is 22.9. The number of benzene rings is 7. The molecule has 0 saturated heterocycles. The predicted octanol–water partition coefficient (Wildman–Crippen LogP) is 18.0. The number of fused-ring (bicyclic) bond motifs is 13. The fourth-order valence-corrected chi connectivity index (χ4v) is 26.7. The van der Waals surface area contributed by atoms with Gasteiger partial charge in [-0.2, -0.15) is 5.26 Å². The number of carbonyl (C=O) groups is 1. The van der Waals surface area contributed by atoms with E-state index in [0.717, 1.165) is 74.4 Å². The van der Waals surface area contributed by atoms with Crippen LogP contribution in [0.15, 0.2) is 103 Å². The van der Waals surface area contributed by atoms with Gasteiger partial charge in [0.25, 0.3) is 0 Å². The van der Waals surface area contributed by atoms with Crippen LogP contribution in [0.2, 0.25) is 16.6 Å². The quantitative estimate of drug-likeness (QED) is 0.142. The number of nitrogens with zero attached hydrogens (tertiary/aromatic N) is 3. The highest BCUT2D eigenvalue weighted by molar-refractivity contribution is 6.95. The third kappa shape index (κ3) is 4.81. The Morgan fingerprint density at radius 3 is 1.57 bits per heavy atom. The Bertz CT molecular complexity index is 4340. The standard InChI is InChI=1S/C70H67N3OSi/c1-10-68(11-2,12-3)41-28-50-47-32-55-53(67(74)70-25-17-23-69(55,70)24-18-26-70)35-58(47)72-56-34-49-52-30-42(75(37(4)5,38(6)7)39(8)9)31-54-63-59(73(66(52)54)57(49)33-48(56)51(29-41)65(50)72)27-40(36-71)60-61-43-19-13-15-21-45(43)62(64(60)63)46-22-16-14-20-44(46)61/h13-16,19-22,27-35,37-39,61-62H,10-12,17-18,23-26H2,1-9H3. The summed E-state index contributed by atoms with van der Waals surface area (Å²) in [6.45, 7) is 22.2. The van der Waals surface area contributed by atoms with Gasteiger partial charge in [-0.25, -0.2) is 0 Å². The van der Waals surface area contributed by atoms with Crippen LogP contribution in [0.25, 0.3) is 76.2 Å². The highest BCUT2D eigenvalue weighted by Gasteiger charge is 2.67. The van der Waals surface area contributed by atoms with E-state index in [4.69, 9.17) is 0 Å². The van der Waals surface area contributed by atoms with Crippen LogP contribution < -0.4 is 5.19 Å². The molecule has 4 heterocycles. The largest absolute Gasteiger partial charge is 0.308 e. The summed E-state index contributed by atoms with van der Waals surface area (Å²) < 4.78 is 5.20. The van der Waals surface area contributed by atoms with Gasteiger partial charge in [0.2, 0.25) is 0 Å². The molecule has 0 radical (unpaired) electrons. The summed E-state index contributed by atoms with van der Waals surface area (Å²) in [5.74, 6) is 0.459. The van der Waals surface area contributed by atoms with Crippen LogP contribution in [0.1, 0.15) is 192 Å². The molecule has 372 valence electrons. The van der Waals surface area contributed by atoms with E-state index >= 15 is 4.79 Å². The number of aromatic nitrogens is 2. The number of Topliss-reactive ketones (excluding diaryl/α,β-unsaturated/α-hetero) is 1. The summed E-state index contributed by atoms with van der Waals surface area (Å²) in [5.41, 5.74) is 21.4. The smallest absolute Gasteiger partial charge is 0.170 e. The van der Waals surface area contributed by atoms with Gasteiger partial charge in [0, 0.05) is 71.3 Å². The molecular weight excluding hydrogens is 927 g/mol. The Kier molecular flexibility index (Phi) is 8.66. The lowest BCUT2D eigenvalue weighted by Crippen LogP contribution is -2.55. The van der Waals surface area contributed by atoms with Gasteiger partial charge in [0.05, 0.1) is 52.8 Å². The van der Waals surface area contributed by atoms with Gasteiger partial charge in [0.15, 0.2) is 5.78 Å². The minimum Gasteiger partial charge on any atom is -0.308 e. The first kappa shape index (κ1) is 44.8. The molecule has 75 heavy (non-hydrogen) atoms. The molecule has 11 aromatic rings. The van der Waals surface area contributed by atoms with Crippen molar-refractivity contribution >= 4 is 95.2 Å². The maximum absolute atomic E-state index is 15.1. The zero-order valence-corrected chi connectivity index (χ0v) is 46.3. The molecule has 6 aliphatic rings. The fourth-order valence-electron chi connectivity index (χ4n) is 19.9. The zero-order chi connectivity index (χ0) is 51.1. The Morgan fingerprint density at radius 1 is 0.573 bits per heavy atom. The van der Waals surface area contributed by atoms with Crippen LogP contribution in [-0.2, 0) is 10.8 Å². The summed E-state index contributed by atoms with van der Waals surface area (Å²) in [6, 6.07) is 43.9. The molecule has 17 rings (SSSR count). The number of ketones is 1. The van der Waals surface area contributed by atoms with E-state index in [1.807, 2.05) is 0 Å². The minimum atomic E-state index is -2.22. The van der Waals surface area contributed by atoms with E-state index in [1.54, 1.807) is 5.19 Å². The third-order valence-corrected chi connectivity index (χ3v) is 29.9. The molecule has 2 saturated carbocycles. The van der Waals surface area contributed by atoms with E-state index in [9.17, 15) is 5.26 Å². The van der Waals surface area contributed by atoms with E-state index in [-0.39, 0.29) is 28.1 Å². The van der Waals surface area contributed by atoms with Gasteiger partial charge < -0.3 is 8.80 Å². The van der Waals surface area contributed by atoms with Crippen LogP contribution in [0.3, 0.4) is 0 Å². The topological polar surface area (TPSA) is 49.7 Å². The average molecular weight is 994 g/mol. The molecule has 4 aromatic heterocycles. The zero-order valence-electron chi connectivity index (χ0n) is 45.3. The highest BCUT2D eigenvalue weighted by Crippen LogP contribution is 2.70. The van der Waals surface area contributed by atoms with Crippen molar-refractivity contribution in [3.05, 3.63) is 159 Å². The van der Waals surface area contributed by atoms with Crippen molar-refractivity contribution in [3.8, 4) is 6.07 Å². The number of hydrogen-bond donors (Lipinski definition) is 0. The highest BCUT2D eigenvalue weighted by atomic mass is 28.3. The van der Waals surface area contributed by atoms with E-state index < -0.39 is 8.07 Å². The SMILES string of the molecule is CCC(CC)(CC)c1cc2c3cc4c(cc3n3c5cc6c7cc([Si](C(C)C)(C(C)C)C(C)C)cc8c9c%10c(c(C#N)cc9n(c6cc5c(c1)c23)c78)C1c2ccccc2C%10c2ccccc21)C(=O)C12CCCC41CCC2. The second kappa shape index (κ2) is 14.5. The van der Waals surface area contributed by atoms with Crippen molar-refractivity contribution in [2.45, 2.75) is 159 Å². The Morgan fingerprint density at radius 2 is 1.04 bits per heavy atom. The minimum absolute atomic E-state index is 0.00210. The Balaban J connectivity index is 1.09. The molecule has 6 aliphatic carbocycles. The summed E-state index contributed by atoms with van der Waals surface area (Å²) in [5, 5.41) is 23.5. The molecule has 0 spiro atoms. The second-order valence-corrected chi connectivity index (χ2v) is 31.5. The molecule has 7 aromatic carbocycles. The fraction of sp³-hybridized carbons (Fsp3) is 0.371. The van der Waals surface area contributed by atoms with Crippen molar-refractivity contribution in [3.63, 3.8) is 0 Å². The first-order valence-corrected chi connectivity index (χ1v) is 31.3. The van der Waals surface area contributed by atoms with Crippen LogP contribution in [0, 0.1) is 16.7 Å². The molecule has 0 atom stereocenters. The van der Waals surface area contributed by atoms with Gasteiger partial charge in [-0.15, -0.1) is 0 Å². The van der Waals surface area contributed by atoms with Crippen LogP contribution in [0.5, 0.6) is 0 Å². The van der Waals surface area contributed by atoms with Crippen molar-refractivity contribution in [2.24, 2.45) is 5.41 Å². The summed E-state index contributed by atoms with van der Waals surface area (Å²) in [7, 11) is -2.22. The van der Waals surface area contributed by atoms with Gasteiger partial charge >= 0.3 is 0 Å². The molecule has 0 amide bonds. The molecule has 2 bridgehead atoms. The lowest BCUT2D eigenvalue weighted by atomic mass is 9.59. The van der Waals surface area contributed by atoms with Gasteiger partial charge in [-0.05, 0) is 154 Å². The van der Waals surface area contributed by atoms with Gasteiger partial charge in [-0.1, -0.05) is 141 Å². The summed E-state index contributed by atoms with van der Waals surface area (Å²) in [6.07, 6.45) is 9.93. The molecule has 0 unspecified atom stereocenters. The van der Waals surface area contributed by atoms with Crippen molar-refractivity contribution in [2.75, 3.05) is 0 Å². The molecule has 0 N–H and O–H groups in total. The molecule has 5 heteroatoms. The van der Waals surface area contributed by atoms with Crippen molar-refractivity contribution in [1.29, 1.82) is 5.26 Å². The van der Waals surface area contributed by atoms with Crippen molar-refractivity contribution in [1.82, 2.24) is 8.80 Å². The lowest BCUT2D eigenvalue weighted by Gasteiger charge is -2.44. The number of hydrogen-bond acceptors (Lipinski definition) is 2. The first-order chi connectivity index (χ1) is 36.3. The number of rotatable bonds is 8. The lowest BCUT2D eigenvalue weighted by molar-refractivity contribution is 0.0767. The van der Waals surface area contributed by atoms with Gasteiger partial charge in [0.1, 0.15) is 0 Å².